The van der Waals surface area contributed by atoms with E-state index >= 15 is 0 Å². The first-order valence-electron chi connectivity index (χ1n) is 4.58. The molecule has 2 atom stereocenters. The minimum absolute atomic E-state index is 0.132. The minimum Gasteiger partial charge on any atom is -0.355 e. The second-order valence-electron chi connectivity index (χ2n) is 3.39. The first-order chi connectivity index (χ1) is 6.75. The number of rotatable bonds is 2. The fourth-order valence-electron chi connectivity index (χ4n) is 1.56. The highest BCUT2D eigenvalue weighted by Crippen LogP contribution is 2.16. The van der Waals surface area contributed by atoms with Crippen molar-refractivity contribution < 1.29 is 4.79 Å². The van der Waals surface area contributed by atoms with Crippen molar-refractivity contribution in [1.82, 2.24) is 15.5 Å². The second-order valence-corrected chi connectivity index (χ2v) is 4.22. The third kappa shape index (κ3) is 2.01. The van der Waals surface area contributed by atoms with Crippen LogP contribution in [0.5, 0.6) is 0 Å². The number of hydrogen-bond acceptors (Lipinski definition) is 5. The van der Waals surface area contributed by atoms with Crippen LogP contribution in [0.1, 0.15) is 19.8 Å². The number of carbonyl (C=O) groups excluding carboxylic acids is 1. The Hall–Kier alpha value is -1.17. The molecule has 0 bridgehead atoms. The zero-order valence-corrected chi connectivity index (χ0v) is 8.67. The molecule has 1 aromatic heterocycles. The molecule has 1 aliphatic heterocycles. The Bertz CT molecular complexity index is 313. The molecule has 6 heteroatoms. The maximum absolute atomic E-state index is 11.1. The number of amides is 1. The van der Waals surface area contributed by atoms with Gasteiger partial charge in [-0.1, -0.05) is 11.3 Å². The normalized spacial score (nSPS) is 27.1. The van der Waals surface area contributed by atoms with E-state index in [4.69, 9.17) is 0 Å². The lowest BCUT2D eigenvalue weighted by Crippen LogP contribution is -2.49. The molecule has 14 heavy (non-hydrogen) atoms. The number of hydrogen-bond donors (Lipinski definition) is 2. The molecule has 1 aromatic rings. The molecule has 1 aliphatic rings. The van der Waals surface area contributed by atoms with Crippen molar-refractivity contribution in [3.63, 3.8) is 0 Å². The highest BCUT2D eigenvalue weighted by atomic mass is 32.1. The molecule has 2 unspecified atom stereocenters. The van der Waals surface area contributed by atoms with E-state index < -0.39 is 0 Å². The summed E-state index contributed by atoms with van der Waals surface area (Å²) in [5, 5.41) is 14.6. The number of carbonyl (C=O) groups is 1. The predicted octanol–water partition coefficient (Wildman–Crippen LogP) is 0.617. The summed E-state index contributed by atoms with van der Waals surface area (Å²) in [5.41, 5.74) is 1.69. The molecule has 2 rings (SSSR count). The fourth-order valence-corrected chi connectivity index (χ4v) is 2.06. The Morgan fingerprint density at radius 2 is 2.57 bits per heavy atom. The molecular weight excluding hydrogens is 200 g/mol. The Balaban J connectivity index is 1.95. The molecule has 1 amide bonds. The van der Waals surface area contributed by atoms with Crippen LogP contribution in [0.3, 0.4) is 0 Å². The van der Waals surface area contributed by atoms with Crippen molar-refractivity contribution in [2.45, 2.75) is 31.8 Å². The number of aromatic nitrogens is 2. The van der Waals surface area contributed by atoms with Crippen molar-refractivity contribution in [3.8, 4) is 0 Å². The Morgan fingerprint density at radius 3 is 3.21 bits per heavy atom. The van der Waals surface area contributed by atoms with Crippen molar-refractivity contribution >= 4 is 22.4 Å². The zero-order chi connectivity index (χ0) is 9.97. The maximum atomic E-state index is 11.1. The lowest BCUT2D eigenvalue weighted by molar-refractivity contribution is -0.123. The fraction of sp³-hybridized carbons (Fsp3) is 0.625. The van der Waals surface area contributed by atoms with E-state index in [0.717, 1.165) is 11.6 Å². The first kappa shape index (κ1) is 9.39. The summed E-state index contributed by atoms with van der Waals surface area (Å²) < 4.78 is 0. The number of piperidine rings is 1. The van der Waals surface area contributed by atoms with Crippen LogP contribution >= 0.6 is 11.3 Å². The Kier molecular flexibility index (Phi) is 2.62. The summed E-state index contributed by atoms with van der Waals surface area (Å²) in [5.74, 6) is 0.132. The van der Waals surface area contributed by atoms with Gasteiger partial charge in [0.05, 0.1) is 0 Å². The van der Waals surface area contributed by atoms with Crippen LogP contribution in [-0.4, -0.2) is 28.2 Å². The quantitative estimate of drug-likeness (QED) is 0.754. The van der Waals surface area contributed by atoms with E-state index in [9.17, 15) is 4.79 Å². The maximum Gasteiger partial charge on any atom is 0.220 e. The zero-order valence-electron chi connectivity index (χ0n) is 7.86. The molecule has 0 aromatic carbocycles. The van der Waals surface area contributed by atoms with Gasteiger partial charge in [0.1, 0.15) is 5.51 Å². The monoisotopic (exact) mass is 212 g/mol. The molecule has 0 saturated carbocycles. The molecule has 1 saturated heterocycles. The molecule has 0 radical (unpaired) electrons. The van der Waals surface area contributed by atoms with E-state index in [-0.39, 0.29) is 18.0 Å². The molecule has 2 heterocycles. The molecule has 2 N–H and O–H groups in total. The molecule has 0 aliphatic carbocycles. The van der Waals surface area contributed by atoms with Gasteiger partial charge in [-0.15, -0.1) is 10.2 Å². The number of nitrogens with zero attached hydrogens (tertiary/aromatic N) is 2. The van der Waals surface area contributed by atoms with Gasteiger partial charge in [0.2, 0.25) is 11.0 Å². The summed E-state index contributed by atoms with van der Waals surface area (Å²) in [6.07, 6.45) is 1.44. The van der Waals surface area contributed by atoms with Gasteiger partial charge >= 0.3 is 0 Å². The van der Waals surface area contributed by atoms with Crippen LogP contribution in [0, 0.1) is 0 Å². The van der Waals surface area contributed by atoms with E-state index in [1.807, 2.05) is 6.92 Å². The lowest BCUT2D eigenvalue weighted by atomic mass is 10.00. The van der Waals surface area contributed by atoms with Gasteiger partial charge in [-0.05, 0) is 13.3 Å². The molecule has 76 valence electrons. The highest BCUT2D eigenvalue weighted by Gasteiger charge is 2.25. The lowest BCUT2D eigenvalue weighted by Gasteiger charge is -2.29. The predicted molar refractivity (Wildman–Crippen MR) is 54.2 cm³/mol. The average Bonchev–Trinajstić information content (AvgIpc) is 2.62. The van der Waals surface area contributed by atoms with Crippen LogP contribution in [0.2, 0.25) is 0 Å². The van der Waals surface area contributed by atoms with E-state index in [1.54, 1.807) is 5.51 Å². The van der Waals surface area contributed by atoms with Crippen LogP contribution < -0.4 is 10.6 Å². The van der Waals surface area contributed by atoms with Gasteiger partial charge in [0.25, 0.3) is 0 Å². The summed E-state index contributed by atoms with van der Waals surface area (Å²) in [4.78, 5) is 11.1. The van der Waals surface area contributed by atoms with Crippen molar-refractivity contribution in [2.24, 2.45) is 0 Å². The van der Waals surface area contributed by atoms with Gasteiger partial charge in [-0.3, -0.25) is 4.79 Å². The van der Waals surface area contributed by atoms with Gasteiger partial charge in [-0.25, -0.2) is 0 Å². The van der Waals surface area contributed by atoms with E-state index in [2.05, 4.69) is 20.8 Å². The summed E-state index contributed by atoms with van der Waals surface area (Å²) >= 11 is 1.47. The van der Waals surface area contributed by atoms with E-state index in [0.29, 0.717) is 6.42 Å². The van der Waals surface area contributed by atoms with Crippen molar-refractivity contribution in [2.75, 3.05) is 5.32 Å². The van der Waals surface area contributed by atoms with Gasteiger partial charge in [0.15, 0.2) is 0 Å². The van der Waals surface area contributed by atoms with Crippen LogP contribution in [0.15, 0.2) is 5.51 Å². The number of nitrogens with one attached hydrogen (secondary N) is 2. The largest absolute Gasteiger partial charge is 0.355 e. The van der Waals surface area contributed by atoms with Crippen LogP contribution in [0.25, 0.3) is 0 Å². The SMILES string of the molecule is CC1NC(=O)CCC1Nc1nncs1. The highest BCUT2D eigenvalue weighted by molar-refractivity contribution is 7.13. The topological polar surface area (TPSA) is 66.9 Å². The Labute approximate surface area is 85.9 Å². The van der Waals surface area contributed by atoms with Crippen LogP contribution in [-0.2, 0) is 4.79 Å². The summed E-state index contributed by atoms with van der Waals surface area (Å²) in [7, 11) is 0. The van der Waals surface area contributed by atoms with Gasteiger partial charge in [0, 0.05) is 18.5 Å². The first-order valence-corrected chi connectivity index (χ1v) is 5.46. The van der Waals surface area contributed by atoms with E-state index in [1.165, 1.54) is 11.3 Å². The smallest absolute Gasteiger partial charge is 0.220 e. The Morgan fingerprint density at radius 1 is 1.71 bits per heavy atom. The second kappa shape index (κ2) is 3.91. The molecule has 0 spiro atoms. The molecule has 5 nitrogen and oxygen atoms in total. The van der Waals surface area contributed by atoms with Crippen LogP contribution in [0.4, 0.5) is 5.13 Å². The number of anilines is 1. The standard InChI is InChI=1S/C8H12N4OS/c1-5-6(2-3-7(13)10-5)11-8-12-9-4-14-8/h4-6H,2-3H2,1H3,(H,10,13)(H,11,12). The molecular formula is C8H12N4OS. The third-order valence-electron chi connectivity index (χ3n) is 2.34. The summed E-state index contributed by atoms with van der Waals surface area (Å²) in [6.45, 7) is 2.00. The average molecular weight is 212 g/mol. The van der Waals surface area contributed by atoms with Gasteiger partial charge in [-0.2, -0.15) is 0 Å². The third-order valence-corrected chi connectivity index (χ3v) is 2.97. The summed E-state index contributed by atoms with van der Waals surface area (Å²) in [6, 6.07) is 0.417. The minimum atomic E-state index is 0.132. The van der Waals surface area contributed by atoms with Crippen molar-refractivity contribution in [3.05, 3.63) is 5.51 Å². The van der Waals surface area contributed by atoms with Crippen molar-refractivity contribution in [1.29, 1.82) is 0 Å². The molecule has 1 fully saturated rings. The van der Waals surface area contributed by atoms with Gasteiger partial charge < -0.3 is 10.6 Å².